The molecule has 1 fully saturated rings. The number of benzene rings is 3. The molecule has 0 radical (unpaired) electrons. The van der Waals surface area contributed by atoms with E-state index in [9.17, 15) is 24.5 Å². The lowest BCUT2D eigenvalue weighted by atomic mass is 9.64. The third kappa shape index (κ3) is 3.40. The van der Waals surface area contributed by atoms with Crippen molar-refractivity contribution in [3.63, 3.8) is 0 Å². The number of allylic oxidation sites excluding steroid dienone is 1. The topological polar surface area (TPSA) is 107 Å². The van der Waals surface area contributed by atoms with Crippen LogP contribution in [-0.2, 0) is 14.4 Å². The van der Waals surface area contributed by atoms with Gasteiger partial charge in [-0.05, 0) is 48.2 Å². The summed E-state index contributed by atoms with van der Waals surface area (Å²) in [6, 6.07) is 19.1. The first-order valence-electron chi connectivity index (χ1n) is 12.0. The molecule has 8 nitrogen and oxygen atoms in total. The van der Waals surface area contributed by atoms with Crippen molar-refractivity contribution < 1.29 is 24.0 Å². The number of ether oxygens (including phenoxy) is 1. The third-order valence-corrected chi connectivity index (χ3v) is 7.57. The van der Waals surface area contributed by atoms with Crippen molar-refractivity contribution in [3.05, 3.63) is 105 Å². The molecule has 184 valence electrons. The van der Waals surface area contributed by atoms with E-state index < -0.39 is 46.4 Å². The molecular weight excluding hydrogens is 472 g/mol. The fourth-order valence-corrected chi connectivity index (χ4v) is 5.91. The van der Waals surface area contributed by atoms with Crippen LogP contribution < -0.4 is 9.64 Å². The van der Waals surface area contributed by atoms with Crippen LogP contribution in [-0.4, -0.2) is 22.7 Å². The molecule has 6 rings (SSSR count). The summed E-state index contributed by atoms with van der Waals surface area (Å²) in [7, 11) is 0. The van der Waals surface area contributed by atoms with Crippen LogP contribution in [0, 0.1) is 41.7 Å². The smallest absolute Gasteiger partial charge is 0.319 e. The van der Waals surface area contributed by atoms with E-state index in [1.165, 1.54) is 18.2 Å². The van der Waals surface area contributed by atoms with Crippen LogP contribution in [0.1, 0.15) is 28.2 Å². The highest BCUT2D eigenvalue weighted by molar-refractivity contribution is 6.25. The Morgan fingerprint density at radius 1 is 0.892 bits per heavy atom. The number of rotatable bonds is 3. The molecule has 1 aliphatic carbocycles. The molecule has 37 heavy (non-hydrogen) atoms. The number of nitro benzene ring substituents is 1. The first-order chi connectivity index (χ1) is 17.8. The van der Waals surface area contributed by atoms with Crippen LogP contribution in [0.2, 0.25) is 0 Å². The second-order valence-corrected chi connectivity index (χ2v) is 9.75. The number of carbonyl (C=O) groups excluding carboxylic acids is 3. The van der Waals surface area contributed by atoms with Gasteiger partial charge in [0, 0.05) is 23.6 Å². The van der Waals surface area contributed by atoms with Crippen molar-refractivity contribution in [1.82, 2.24) is 0 Å². The second-order valence-electron chi connectivity index (χ2n) is 9.75. The monoisotopic (exact) mass is 494 g/mol. The SMILES string of the molecule is Cc1ccc2c(c1)OC(=O)[C@@H]1C2=C[C@H](c2ccccc2)[C@@H]2C(=O)N(c3ccc([N+](=O)[O-])cc3C)C(=O)[C@@H]12. The summed E-state index contributed by atoms with van der Waals surface area (Å²) in [5.74, 6) is -4.22. The normalized spacial score (nSPS) is 24.1. The zero-order chi connectivity index (χ0) is 26.0. The lowest BCUT2D eigenvalue weighted by Crippen LogP contribution is -2.42. The van der Waals surface area contributed by atoms with Gasteiger partial charge < -0.3 is 4.74 Å². The second kappa shape index (κ2) is 8.23. The first kappa shape index (κ1) is 22.8. The van der Waals surface area contributed by atoms with Gasteiger partial charge in [0.2, 0.25) is 11.8 Å². The van der Waals surface area contributed by atoms with Crippen molar-refractivity contribution in [2.75, 3.05) is 4.90 Å². The molecule has 3 aromatic rings. The van der Waals surface area contributed by atoms with E-state index in [1.54, 1.807) is 13.0 Å². The van der Waals surface area contributed by atoms with Gasteiger partial charge in [-0.3, -0.25) is 24.5 Å². The number of nitro groups is 1. The highest BCUT2D eigenvalue weighted by Gasteiger charge is 2.60. The molecule has 0 N–H and O–H groups in total. The molecule has 0 bridgehead atoms. The minimum atomic E-state index is -0.964. The lowest BCUT2D eigenvalue weighted by Gasteiger charge is -2.38. The molecule has 4 atom stereocenters. The molecule has 2 heterocycles. The summed E-state index contributed by atoms with van der Waals surface area (Å²) in [4.78, 5) is 53.1. The Morgan fingerprint density at radius 3 is 2.32 bits per heavy atom. The van der Waals surface area contributed by atoms with Crippen molar-refractivity contribution >= 4 is 34.7 Å². The number of imide groups is 1. The Hall–Kier alpha value is -4.59. The summed E-state index contributed by atoms with van der Waals surface area (Å²) in [6.07, 6.45) is 1.94. The van der Waals surface area contributed by atoms with Gasteiger partial charge in [-0.1, -0.05) is 48.5 Å². The van der Waals surface area contributed by atoms with Gasteiger partial charge in [0.15, 0.2) is 0 Å². The van der Waals surface area contributed by atoms with Gasteiger partial charge in [-0.2, -0.15) is 0 Å². The van der Waals surface area contributed by atoms with Crippen molar-refractivity contribution in [1.29, 1.82) is 0 Å². The summed E-state index contributed by atoms with van der Waals surface area (Å²) in [5.41, 5.74) is 3.79. The summed E-state index contributed by atoms with van der Waals surface area (Å²) in [5, 5.41) is 11.2. The molecular formula is C29H22N2O6. The Kier molecular flexibility index (Phi) is 5.08. The van der Waals surface area contributed by atoms with Gasteiger partial charge in [0.25, 0.3) is 5.69 Å². The van der Waals surface area contributed by atoms with Crippen molar-refractivity contribution in [2.45, 2.75) is 19.8 Å². The third-order valence-electron chi connectivity index (χ3n) is 7.57. The lowest BCUT2D eigenvalue weighted by molar-refractivity contribution is -0.384. The van der Waals surface area contributed by atoms with E-state index in [4.69, 9.17) is 4.74 Å². The summed E-state index contributed by atoms with van der Waals surface area (Å²) < 4.78 is 5.68. The fraction of sp³-hybridized carbons (Fsp3) is 0.207. The van der Waals surface area contributed by atoms with Crippen LogP contribution in [0.25, 0.3) is 5.57 Å². The van der Waals surface area contributed by atoms with Crippen LogP contribution in [0.5, 0.6) is 5.75 Å². The summed E-state index contributed by atoms with van der Waals surface area (Å²) >= 11 is 0. The number of non-ortho nitro benzene ring substituents is 1. The molecule has 3 aromatic carbocycles. The first-order valence-corrected chi connectivity index (χ1v) is 12.0. The maximum Gasteiger partial charge on any atom is 0.319 e. The van der Waals surface area contributed by atoms with E-state index in [1.807, 2.05) is 55.5 Å². The number of hydrogen-bond donors (Lipinski definition) is 0. The highest BCUT2D eigenvalue weighted by atomic mass is 16.6. The fourth-order valence-electron chi connectivity index (χ4n) is 5.91. The zero-order valence-corrected chi connectivity index (χ0v) is 20.1. The minimum Gasteiger partial charge on any atom is -0.425 e. The Bertz CT molecular complexity index is 1540. The zero-order valence-electron chi connectivity index (χ0n) is 20.1. The molecule has 3 aliphatic rings. The molecule has 0 aromatic heterocycles. The number of hydrogen-bond acceptors (Lipinski definition) is 6. The molecule has 0 spiro atoms. The van der Waals surface area contributed by atoms with Gasteiger partial charge in [0.05, 0.1) is 28.4 Å². The van der Waals surface area contributed by atoms with Gasteiger partial charge in [-0.25, -0.2) is 4.90 Å². The molecule has 2 amide bonds. The Morgan fingerprint density at radius 2 is 1.62 bits per heavy atom. The number of anilines is 1. The minimum absolute atomic E-state index is 0.133. The molecule has 0 saturated carbocycles. The average Bonchev–Trinajstić information content (AvgIpc) is 3.13. The number of nitrogens with zero attached hydrogens (tertiary/aromatic N) is 2. The average molecular weight is 495 g/mol. The van der Waals surface area contributed by atoms with Crippen molar-refractivity contribution in [2.24, 2.45) is 17.8 Å². The largest absolute Gasteiger partial charge is 0.425 e. The summed E-state index contributed by atoms with van der Waals surface area (Å²) in [6.45, 7) is 3.53. The number of esters is 1. The molecule has 2 aliphatic heterocycles. The molecule has 8 heteroatoms. The Labute approximate surface area is 212 Å². The quantitative estimate of drug-likeness (QED) is 0.171. The highest BCUT2D eigenvalue weighted by Crippen LogP contribution is 2.55. The van der Waals surface area contributed by atoms with E-state index in [-0.39, 0.29) is 11.4 Å². The van der Waals surface area contributed by atoms with E-state index in [0.717, 1.165) is 21.6 Å². The van der Waals surface area contributed by atoms with Gasteiger partial charge >= 0.3 is 5.97 Å². The Balaban J connectivity index is 1.53. The predicted octanol–water partition coefficient (Wildman–Crippen LogP) is 4.73. The molecule has 0 unspecified atom stereocenters. The number of aryl methyl sites for hydroxylation is 2. The molecule has 1 saturated heterocycles. The van der Waals surface area contributed by atoms with Crippen LogP contribution in [0.4, 0.5) is 11.4 Å². The van der Waals surface area contributed by atoms with Crippen LogP contribution >= 0.6 is 0 Å². The number of carbonyl (C=O) groups is 3. The maximum atomic E-state index is 14.0. The van der Waals surface area contributed by atoms with E-state index in [2.05, 4.69) is 0 Å². The predicted molar refractivity (Wildman–Crippen MR) is 135 cm³/mol. The van der Waals surface area contributed by atoms with E-state index in [0.29, 0.717) is 16.9 Å². The number of amides is 2. The van der Waals surface area contributed by atoms with E-state index >= 15 is 0 Å². The number of fused-ring (bicyclic) bond motifs is 5. The maximum absolute atomic E-state index is 14.0. The standard InChI is InChI=1S/C29H22N2O6/c1-15-8-10-19-21-14-20(17-6-4-3-5-7-17)24-26(25(21)29(34)37-23(19)12-15)28(33)30(27(24)32)22-11-9-18(31(35)36)13-16(22)2/h3-14,20,24-26H,1-2H3/t20-,24+,25-,26-/m1/s1. The van der Waals surface area contributed by atoms with Crippen LogP contribution in [0.3, 0.4) is 0 Å². The van der Waals surface area contributed by atoms with Gasteiger partial charge in [0.1, 0.15) is 5.75 Å². The van der Waals surface area contributed by atoms with Crippen molar-refractivity contribution in [3.8, 4) is 5.75 Å². The van der Waals surface area contributed by atoms with Gasteiger partial charge in [-0.15, -0.1) is 0 Å². The van der Waals surface area contributed by atoms with Crippen LogP contribution in [0.15, 0.2) is 72.8 Å².